The van der Waals surface area contributed by atoms with Gasteiger partial charge in [0.15, 0.2) is 5.78 Å². The first kappa shape index (κ1) is 13.1. The Morgan fingerprint density at radius 2 is 1.90 bits per heavy atom. The lowest BCUT2D eigenvalue weighted by molar-refractivity contribution is -0.110. The van der Waals surface area contributed by atoms with Crippen LogP contribution in [0, 0.1) is 0 Å². The average Bonchev–Trinajstić information content (AvgIpc) is 2.39. The molecule has 0 bridgehead atoms. The van der Waals surface area contributed by atoms with Gasteiger partial charge in [0, 0.05) is 19.8 Å². The highest BCUT2D eigenvalue weighted by molar-refractivity contribution is 7.01. The van der Waals surface area contributed by atoms with Crippen molar-refractivity contribution in [2.75, 3.05) is 19.0 Å². The van der Waals surface area contributed by atoms with E-state index in [1.165, 1.54) is 10.9 Å². The third kappa shape index (κ3) is 1.88. The quantitative estimate of drug-likeness (QED) is 0.585. The molecular weight excluding hydrogens is 264 g/mol. The lowest BCUT2D eigenvalue weighted by Crippen LogP contribution is -2.49. The SMILES string of the molecule is CN(C)c1ccc2c(c1)[Si](C)(C)C1=CC(=O)C=CC1=N2. The number of hydrogen-bond donors (Lipinski definition) is 0. The number of hydrogen-bond acceptors (Lipinski definition) is 3. The van der Waals surface area contributed by atoms with Crippen molar-refractivity contribution in [3.05, 3.63) is 41.6 Å². The summed E-state index contributed by atoms with van der Waals surface area (Å²) < 4.78 is 0. The summed E-state index contributed by atoms with van der Waals surface area (Å²) in [6.07, 6.45) is 5.23. The number of rotatable bonds is 1. The summed E-state index contributed by atoms with van der Waals surface area (Å²) >= 11 is 0. The summed E-state index contributed by atoms with van der Waals surface area (Å²) in [7, 11) is 2.22. The van der Waals surface area contributed by atoms with Gasteiger partial charge in [-0.2, -0.15) is 0 Å². The van der Waals surface area contributed by atoms with Gasteiger partial charge in [0.25, 0.3) is 0 Å². The number of nitrogens with zero attached hydrogens (tertiary/aromatic N) is 2. The van der Waals surface area contributed by atoms with Crippen LogP contribution in [-0.4, -0.2) is 33.7 Å². The second-order valence-electron chi connectivity index (χ2n) is 6.01. The van der Waals surface area contributed by atoms with Gasteiger partial charge in [-0.3, -0.25) is 4.79 Å². The normalized spacial score (nSPS) is 18.9. The number of carbonyl (C=O) groups is 1. The zero-order valence-electron chi connectivity index (χ0n) is 12.3. The number of allylic oxidation sites excluding steroid dienone is 4. The summed E-state index contributed by atoms with van der Waals surface area (Å²) in [4.78, 5) is 18.5. The van der Waals surface area contributed by atoms with Crippen molar-refractivity contribution in [2.24, 2.45) is 4.99 Å². The molecular formula is C16H18N2OSi. The molecule has 0 spiro atoms. The van der Waals surface area contributed by atoms with Gasteiger partial charge in [0.1, 0.15) is 8.07 Å². The first-order valence-electron chi connectivity index (χ1n) is 6.75. The number of ketones is 1. The minimum absolute atomic E-state index is 0.0757. The molecule has 2 aliphatic rings. The molecule has 1 aliphatic carbocycles. The fraction of sp³-hybridized carbons (Fsp3) is 0.250. The van der Waals surface area contributed by atoms with Gasteiger partial charge in [-0.1, -0.05) is 13.1 Å². The molecule has 1 aromatic carbocycles. The van der Waals surface area contributed by atoms with E-state index in [4.69, 9.17) is 4.99 Å². The van der Waals surface area contributed by atoms with Crippen LogP contribution >= 0.6 is 0 Å². The molecule has 0 radical (unpaired) electrons. The van der Waals surface area contributed by atoms with Crippen LogP contribution in [0.25, 0.3) is 0 Å². The van der Waals surface area contributed by atoms with E-state index >= 15 is 0 Å². The smallest absolute Gasteiger partial charge is 0.178 e. The molecule has 0 aromatic heterocycles. The minimum Gasteiger partial charge on any atom is -0.378 e. The molecule has 0 atom stereocenters. The van der Waals surface area contributed by atoms with E-state index < -0.39 is 8.07 Å². The Balaban J connectivity index is 2.24. The van der Waals surface area contributed by atoms with Crippen molar-refractivity contribution in [2.45, 2.75) is 13.1 Å². The monoisotopic (exact) mass is 282 g/mol. The van der Waals surface area contributed by atoms with Crippen LogP contribution in [0.15, 0.2) is 46.6 Å². The maximum Gasteiger partial charge on any atom is 0.178 e. The Morgan fingerprint density at radius 3 is 2.60 bits per heavy atom. The molecule has 3 nitrogen and oxygen atoms in total. The van der Waals surface area contributed by atoms with Crippen molar-refractivity contribution < 1.29 is 4.79 Å². The molecule has 3 rings (SSSR count). The molecule has 1 heterocycles. The van der Waals surface area contributed by atoms with Gasteiger partial charge in [-0.15, -0.1) is 0 Å². The largest absolute Gasteiger partial charge is 0.378 e. The number of fused-ring (bicyclic) bond motifs is 2. The topological polar surface area (TPSA) is 32.7 Å². The highest BCUT2D eigenvalue weighted by Crippen LogP contribution is 2.31. The molecule has 0 unspecified atom stereocenters. The van der Waals surface area contributed by atoms with Gasteiger partial charge >= 0.3 is 0 Å². The van der Waals surface area contributed by atoms with Crippen LogP contribution in [0.2, 0.25) is 13.1 Å². The average molecular weight is 282 g/mol. The summed E-state index contributed by atoms with van der Waals surface area (Å²) in [5.41, 5.74) is 3.20. The lowest BCUT2D eigenvalue weighted by Gasteiger charge is -2.33. The number of benzene rings is 1. The Morgan fingerprint density at radius 1 is 1.15 bits per heavy atom. The zero-order valence-corrected chi connectivity index (χ0v) is 13.3. The fourth-order valence-electron chi connectivity index (χ4n) is 2.79. The van der Waals surface area contributed by atoms with E-state index in [-0.39, 0.29) is 5.78 Å². The highest BCUT2D eigenvalue weighted by Gasteiger charge is 2.37. The maximum absolute atomic E-state index is 11.7. The Bertz CT molecular complexity index is 696. The van der Waals surface area contributed by atoms with E-state index in [1.54, 1.807) is 12.2 Å². The van der Waals surface area contributed by atoms with Crippen molar-refractivity contribution in [3.8, 4) is 0 Å². The maximum atomic E-state index is 11.7. The molecule has 1 aromatic rings. The van der Waals surface area contributed by atoms with Gasteiger partial charge in [0.05, 0.1) is 11.4 Å². The molecule has 0 fully saturated rings. The number of carbonyl (C=O) groups excluding carboxylic acids is 1. The predicted octanol–water partition coefficient (Wildman–Crippen LogP) is 2.36. The van der Waals surface area contributed by atoms with Gasteiger partial charge in [-0.05, 0) is 46.8 Å². The van der Waals surface area contributed by atoms with Crippen LogP contribution in [0.3, 0.4) is 0 Å². The highest BCUT2D eigenvalue weighted by atomic mass is 28.3. The Hall–Kier alpha value is -1.94. The predicted molar refractivity (Wildman–Crippen MR) is 87.2 cm³/mol. The van der Waals surface area contributed by atoms with E-state index in [9.17, 15) is 4.79 Å². The Kier molecular flexibility index (Phi) is 2.79. The van der Waals surface area contributed by atoms with Gasteiger partial charge in [-0.25, -0.2) is 4.99 Å². The second kappa shape index (κ2) is 4.28. The summed E-state index contributed by atoms with van der Waals surface area (Å²) in [6, 6.07) is 6.42. The third-order valence-corrected chi connectivity index (χ3v) is 7.55. The van der Waals surface area contributed by atoms with Gasteiger partial charge in [0.2, 0.25) is 0 Å². The van der Waals surface area contributed by atoms with Crippen LogP contribution < -0.4 is 10.1 Å². The first-order chi connectivity index (χ1) is 9.39. The van der Waals surface area contributed by atoms with Gasteiger partial charge < -0.3 is 4.90 Å². The van der Waals surface area contributed by atoms with E-state index in [2.05, 4.69) is 36.2 Å². The molecule has 0 saturated heterocycles. The van der Waals surface area contributed by atoms with E-state index in [0.29, 0.717) is 0 Å². The van der Waals surface area contributed by atoms with Crippen molar-refractivity contribution in [1.29, 1.82) is 0 Å². The van der Waals surface area contributed by atoms with E-state index in [1.807, 2.05) is 20.2 Å². The molecule has 0 amide bonds. The molecule has 0 N–H and O–H groups in total. The summed E-state index contributed by atoms with van der Waals surface area (Å²) in [5, 5.41) is 2.45. The molecule has 20 heavy (non-hydrogen) atoms. The van der Waals surface area contributed by atoms with Crippen molar-refractivity contribution in [3.63, 3.8) is 0 Å². The summed E-state index contributed by atoms with van der Waals surface area (Å²) in [5.74, 6) is 0.0757. The van der Waals surface area contributed by atoms with Crippen LogP contribution in [-0.2, 0) is 4.79 Å². The molecule has 1 aliphatic heterocycles. The minimum atomic E-state index is -1.86. The third-order valence-electron chi connectivity index (χ3n) is 4.05. The standard InChI is InChI=1S/C16H18N2OSi/c1-18(2)11-5-7-13-15(9-11)20(3,4)16-10-12(19)6-8-14(16)17-13/h5-10H,1-4H3. The lowest BCUT2D eigenvalue weighted by atomic mass is 10.1. The van der Waals surface area contributed by atoms with Crippen molar-refractivity contribution in [1.82, 2.24) is 0 Å². The number of aliphatic imine (C=N–C) groups is 1. The van der Waals surface area contributed by atoms with Crippen LogP contribution in [0.4, 0.5) is 11.4 Å². The second-order valence-corrected chi connectivity index (χ2v) is 10.3. The fourth-order valence-corrected chi connectivity index (χ4v) is 5.65. The van der Waals surface area contributed by atoms with Crippen LogP contribution in [0.5, 0.6) is 0 Å². The molecule has 0 saturated carbocycles. The first-order valence-corrected chi connectivity index (χ1v) is 9.75. The molecule has 4 heteroatoms. The summed E-state index contributed by atoms with van der Waals surface area (Å²) in [6.45, 7) is 4.58. The van der Waals surface area contributed by atoms with E-state index in [0.717, 1.165) is 16.6 Å². The van der Waals surface area contributed by atoms with Crippen LogP contribution in [0.1, 0.15) is 0 Å². The zero-order chi connectivity index (χ0) is 14.5. The molecule has 102 valence electrons. The van der Waals surface area contributed by atoms with Crippen molar-refractivity contribution >= 4 is 36.1 Å². The Labute approximate surface area is 120 Å². The number of anilines is 1.